The normalized spacial score (nSPS) is 14.5. The van der Waals surface area contributed by atoms with Gasteiger partial charge in [0.05, 0.1) is 0 Å². The first kappa shape index (κ1) is 19.6. The highest BCUT2D eigenvalue weighted by Gasteiger charge is 2.25. The highest BCUT2D eigenvalue weighted by molar-refractivity contribution is 5.95. The highest BCUT2D eigenvalue weighted by atomic mass is 16.3. The summed E-state index contributed by atoms with van der Waals surface area (Å²) in [6.07, 6.45) is 5.19. The second kappa shape index (κ2) is 8.32. The third-order valence-electron chi connectivity index (χ3n) is 5.30. The Bertz CT molecular complexity index is 1020. The second-order valence-electron chi connectivity index (χ2n) is 7.42. The van der Waals surface area contributed by atoms with Crippen LogP contribution in [-0.4, -0.2) is 50.6 Å². The largest absolute Gasteiger partial charge is 0.508 e. The summed E-state index contributed by atoms with van der Waals surface area (Å²) in [7, 11) is 0. The number of phenolic OH excluding ortho intramolecular Hbond substituents is 2. The molecule has 7 nitrogen and oxygen atoms in total. The summed E-state index contributed by atoms with van der Waals surface area (Å²) in [6.45, 7) is 1.10. The molecule has 0 spiro atoms. The molecule has 1 aliphatic heterocycles. The summed E-state index contributed by atoms with van der Waals surface area (Å²) >= 11 is 0. The van der Waals surface area contributed by atoms with E-state index in [9.17, 15) is 19.8 Å². The third kappa shape index (κ3) is 4.30. The van der Waals surface area contributed by atoms with E-state index in [-0.39, 0.29) is 34.9 Å². The Balaban J connectivity index is 1.32. The minimum absolute atomic E-state index is 0.0169. The Morgan fingerprint density at radius 2 is 1.47 bits per heavy atom. The molecule has 0 unspecified atom stereocenters. The molecule has 7 heteroatoms. The molecule has 154 valence electrons. The number of piperidine rings is 1. The van der Waals surface area contributed by atoms with Crippen LogP contribution in [0.5, 0.6) is 11.5 Å². The second-order valence-corrected chi connectivity index (χ2v) is 7.42. The Morgan fingerprint density at radius 3 is 2.07 bits per heavy atom. The van der Waals surface area contributed by atoms with Gasteiger partial charge in [-0.05, 0) is 61.4 Å². The van der Waals surface area contributed by atoms with Crippen molar-refractivity contribution in [2.24, 2.45) is 0 Å². The minimum Gasteiger partial charge on any atom is -0.508 e. The fourth-order valence-electron chi connectivity index (χ4n) is 3.69. The summed E-state index contributed by atoms with van der Waals surface area (Å²) in [5.41, 5.74) is 1.84. The third-order valence-corrected chi connectivity index (χ3v) is 5.30. The number of hydrogen-bond donors (Lipinski definition) is 3. The van der Waals surface area contributed by atoms with Gasteiger partial charge in [0.1, 0.15) is 11.5 Å². The van der Waals surface area contributed by atoms with Gasteiger partial charge in [0.2, 0.25) is 0 Å². The van der Waals surface area contributed by atoms with Gasteiger partial charge >= 0.3 is 0 Å². The van der Waals surface area contributed by atoms with Crippen molar-refractivity contribution in [1.82, 2.24) is 14.8 Å². The summed E-state index contributed by atoms with van der Waals surface area (Å²) < 4.78 is 1.98. The van der Waals surface area contributed by atoms with Crippen molar-refractivity contribution in [2.45, 2.75) is 18.9 Å². The van der Waals surface area contributed by atoms with Crippen LogP contribution in [0.15, 0.2) is 67.0 Å². The van der Waals surface area contributed by atoms with Crippen molar-refractivity contribution in [3.63, 3.8) is 0 Å². The van der Waals surface area contributed by atoms with Gasteiger partial charge < -0.3 is 25.0 Å². The van der Waals surface area contributed by atoms with E-state index in [2.05, 4.69) is 5.32 Å². The predicted molar refractivity (Wildman–Crippen MR) is 112 cm³/mol. The lowest BCUT2D eigenvalue weighted by molar-refractivity contribution is 0.0698. The number of aromatic nitrogens is 1. The molecular weight excluding hydrogens is 382 g/mol. The standard InChI is InChI=1S/C23H23N3O4/c27-20-13-17(14-21(28)15-20)22(29)24-18-7-11-26(12-8-18)23(30)16-3-5-19(6-4-16)25-9-1-2-10-25/h1-6,9-10,13-15,18,27-28H,7-8,11-12H2,(H,24,29). The first-order valence-electron chi connectivity index (χ1n) is 9.86. The molecule has 0 aliphatic carbocycles. The van der Waals surface area contributed by atoms with E-state index < -0.39 is 0 Å². The fraction of sp³-hybridized carbons (Fsp3) is 0.217. The molecule has 2 aromatic carbocycles. The smallest absolute Gasteiger partial charge is 0.253 e. The maximum absolute atomic E-state index is 12.8. The van der Waals surface area contributed by atoms with Crippen LogP contribution >= 0.6 is 0 Å². The first-order chi connectivity index (χ1) is 14.5. The van der Waals surface area contributed by atoms with Crippen LogP contribution in [0.3, 0.4) is 0 Å². The molecule has 2 heterocycles. The summed E-state index contributed by atoms with van der Waals surface area (Å²) in [5, 5.41) is 22.0. The Labute approximate surface area is 174 Å². The van der Waals surface area contributed by atoms with Crippen LogP contribution < -0.4 is 5.32 Å². The van der Waals surface area contributed by atoms with Gasteiger partial charge in [-0.2, -0.15) is 0 Å². The van der Waals surface area contributed by atoms with E-state index in [1.54, 1.807) is 4.90 Å². The quantitative estimate of drug-likeness (QED) is 0.622. The molecule has 2 amide bonds. The highest BCUT2D eigenvalue weighted by Crippen LogP contribution is 2.21. The lowest BCUT2D eigenvalue weighted by atomic mass is 10.0. The number of nitrogens with zero attached hydrogens (tertiary/aromatic N) is 2. The Kier molecular flexibility index (Phi) is 5.43. The average molecular weight is 405 g/mol. The molecule has 0 saturated carbocycles. The first-order valence-corrected chi connectivity index (χ1v) is 9.86. The number of amides is 2. The van der Waals surface area contributed by atoms with Gasteiger partial charge in [-0.3, -0.25) is 9.59 Å². The Hall–Kier alpha value is -3.74. The minimum atomic E-state index is -0.355. The molecule has 30 heavy (non-hydrogen) atoms. The van der Waals surface area contributed by atoms with Crippen LogP contribution in [0.1, 0.15) is 33.6 Å². The van der Waals surface area contributed by atoms with Gasteiger partial charge in [0.25, 0.3) is 11.8 Å². The summed E-state index contributed by atoms with van der Waals surface area (Å²) in [5.74, 6) is -0.699. The van der Waals surface area contributed by atoms with Crippen LogP contribution in [0.2, 0.25) is 0 Å². The van der Waals surface area contributed by atoms with Crippen LogP contribution in [0.4, 0.5) is 0 Å². The van der Waals surface area contributed by atoms with E-state index >= 15 is 0 Å². The van der Waals surface area contributed by atoms with Crippen molar-refractivity contribution in [3.8, 4) is 17.2 Å². The molecule has 0 radical (unpaired) electrons. The van der Waals surface area contributed by atoms with Gasteiger partial charge in [-0.15, -0.1) is 0 Å². The lowest BCUT2D eigenvalue weighted by Gasteiger charge is -2.32. The predicted octanol–water partition coefficient (Wildman–Crippen LogP) is 2.92. The van der Waals surface area contributed by atoms with E-state index in [0.29, 0.717) is 31.5 Å². The van der Waals surface area contributed by atoms with Crippen LogP contribution in [0, 0.1) is 0 Å². The SMILES string of the molecule is O=C(NC1CCN(C(=O)c2ccc(-n3cccc3)cc2)CC1)c1cc(O)cc(O)c1. The summed E-state index contributed by atoms with van der Waals surface area (Å²) in [4.78, 5) is 27.0. The van der Waals surface area contributed by atoms with Gasteiger partial charge in [-0.1, -0.05) is 0 Å². The van der Waals surface area contributed by atoms with Gasteiger partial charge in [0.15, 0.2) is 0 Å². The number of aromatic hydroxyl groups is 2. The number of carbonyl (C=O) groups excluding carboxylic acids is 2. The van der Waals surface area contributed by atoms with Crippen molar-refractivity contribution in [3.05, 3.63) is 78.1 Å². The van der Waals surface area contributed by atoms with Crippen molar-refractivity contribution >= 4 is 11.8 Å². The number of hydrogen-bond acceptors (Lipinski definition) is 4. The van der Waals surface area contributed by atoms with E-state index in [0.717, 1.165) is 5.69 Å². The molecule has 1 aromatic heterocycles. The number of likely N-dealkylation sites (tertiary alicyclic amines) is 1. The molecule has 3 aromatic rings. The summed E-state index contributed by atoms with van der Waals surface area (Å²) in [6, 6.07) is 15.1. The van der Waals surface area contributed by atoms with Gasteiger partial charge in [-0.25, -0.2) is 0 Å². The zero-order valence-corrected chi connectivity index (χ0v) is 16.4. The van der Waals surface area contributed by atoms with E-state index in [4.69, 9.17) is 0 Å². The number of phenols is 2. The van der Waals surface area contributed by atoms with Crippen molar-refractivity contribution < 1.29 is 19.8 Å². The number of carbonyl (C=O) groups is 2. The molecule has 1 fully saturated rings. The molecule has 1 aliphatic rings. The molecule has 3 N–H and O–H groups in total. The maximum atomic E-state index is 12.8. The number of nitrogens with one attached hydrogen (secondary N) is 1. The zero-order valence-electron chi connectivity index (χ0n) is 16.4. The monoisotopic (exact) mass is 405 g/mol. The average Bonchev–Trinajstić information content (AvgIpc) is 3.28. The lowest BCUT2D eigenvalue weighted by Crippen LogP contribution is -2.46. The van der Waals surface area contributed by atoms with Gasteiger partial charge in [0, 0.05) is 54.4 Å². The molecular formula is C23H23N3O4. The van der Waals surface area contributed by atoms with E-state index in [1.165, 1.54) is 18.2 Å². The maximum Gasteiger partial charge on any atom is 0.253 e. The molecule has 4 rings (SSSR count). The van der Waals surface area contributed by atoms with Crippen molar-refractivity contribution in [1.29, 1.82) is 0 Å². The molecule has 1 saturated heterocycles. The molecule has 0 atom stereocenters. The van der Waals surface area contributed by atoms with E-state index in [1.807, 2.05) is 53.4 Å². The number of rotatable bonds is 4. The zero-order chi connectivity index (χ0) is 21.1. The van der Waals surface area contributed by atoms with Crippen LogP contribution in [0.25, 0.3) is 5.69 Å². The number of benzene rings is 2. The topological polar surface area (TPSA) is 94.8 Å². The fourth-order valence-corrected chi connectivity index (χ4v) is 3.69. The van der Waals surface area contributed by atoms with Crippen LogP contribution in [-0.2, 0) is 0 Å². The Morgan fingerprint density at radius 1 is 0.867 bits per heavy atom. The van der Waals surface area contributed by atoms with Crippen molar-refractivity contribution in [2.75, 3.05) is 13.1 Å². The molecule has 0 bridgehead atoms.